The molecule has 7 nitrogen and oxygen atoms in total. The summed E-state index contributed by atoms with van der Waals surface area (Å²) in [6, 6.07) is 5.76. The Morgan fingerprint density at radius 2 is 1.97 bits per heavy atom. The molecule has 2 aromatic rings. The van der Waals surface area contributed by atoms with Crippen LogP contribution in [0, 0.1) is 18.7 Å². The molecule has 1 fully saturated rings. The van der Waals surface area contributed by atoms with Crippen LogP contribution in [0.25, 0.3) is 0 Å². The van der Waals surface area contributed by atoms with E-state index in [4.69, 9.17) is 4.42 Å². The minimum absolute atomic E-state index is 0.0932. The van der Waals surface area contributed by atoms with Crippen molar-refractivity contribution in [3.8, 4) is 0 Å². The Labute approximate surface area is 174 Å². The Hall–Kier alpha value is -3.16. The van der Waals surface area contributed by atoms with Gasteiger partial charge in [-0.05, 0) is 49.9 Å². The zero-order valence-electron chi connectivity index (χ0n) is 17.1. The van der Waals surface area contributed by atoms with Crippen LogP contribution in [0.4, 0.5) is 4.39 Å². The Bertz CT molecular complexity index is 905. The first kappa shape index (κ1) is 21.5. The number of nitrogens with one attached hydrogen (secondary N) is 2. The molecule has 0 spiro atoms. The molecule has 1 aromatic heterocycles. The van der Waals surface area contributed by atoms with Crippen LogP contribution >= 0.6 is 0 Å². The highest BCUT2D eigenvalue weighted by atomic mass is 19.1. The lowest BCUT2D eigenvalue weighted by atomic mass is 9.95. The van der Waals surface area contributed by atoms with Crippen LogP contribution in [0.2, 0.25) is 0 Å². The number of hydrogen-bond donors (Lipinski definition) is 2. The molecular formula is C22H26FN3O4. The van der Waals surface area contributed by atoms with E-state index >= 15 is 0 Å². The lowest BCUT2D eigenvalue weighted by molar-refractivity contribution is -0.136. The fraction of sp³-hybridized carbons (Fsp3) is 0.409. The average Bonchev–Trinajstić information content (AvgIpc) is 3.29. The highest BCUT2D eigenvalue weighted by Crippen LogP contribution is 2.19. The highest BCUT2D eigenvalue weighted by Gasteiger charge is 2.30. The standard InChI is InChI=1S/C22H26FN3O4/c1-14-3-4-16(11-19(14)23)12-24-20(27)17-5-8-26(9-6-17)22(29)15(2)25-21(28)18-7-10-30-13-18/h3-4,7,10-11,13,15,17H,5-6,8-9,12H2,1-2H3,(H,24,27)(H,25,28). The van der Waals surface area contributed by atoms with Gasteiger partial charge in [-0.25, -0.2) is 4.39 Å². The number of piperidine rings is 1. The number of carbonyl (C=O) groups excluding carboxylic acids is 3. The number of aryl methyl sites for hydroxylation is 1. The van der Waals surface area contributed by atoms with E-state index in [1.54, 1.807) is 30.9 Å². The van der Waals surface area contributed by atoms with Gasteiger partial charge in [0, 0.05) is 25.6 Å². The molecule has 0 saturated carbocycles. The number of amides is 3. The number of halogens is 1. The molecule has 1 aliphatic heterocycles. The first-order valence-electron chi connectivity index (χ1n) is 9.99. The monoisotopic (exact) mass is 415 g/mol. The summed E-state index contributed by atoms with van der Waals surface area (Å²) in [6.45, 7) is 4.49. The molecule has 2 heterocycles. The van der Waals surface area contributed by atoms with E-state index in [1.807, 2.05) is 0 Å². The maximum absolute atomic E-state index is 13.6. The fourth-order valence-electron chi connectivity index (χ4n) is 3.45. The largest absolute Gasteiger partial charge is 0.472 e. The molecule has 0 radical (unpaired) electrons. The van der Waals surface area contributed by atoms with Gasteiger partial charge >= 0.3 is 0 Å². The van der Waals surface area contributed by atoms with Gasteiger partial charge in [0.15, 0.2) is 0 Å². The van der Waals surface area contributed by atoms with Crippen molar-refractivity contribution in [2.45, 2.75) is 39.3 Å². The van der Waals surface area contributed by atoms with E-state index in [2.05, 4.69) is 10.6 Å². The Morgan fingerprint density at radius 1 is 1.23 bits per heavy atom. The molecule has 8 heteroatoms. The van der Waals surface area contributed by atoms with Crippen molar-refractivity contribution in [1.29, 1.82) is 0 Å². The first-order valence-corrected chi connectivity index (χ1v) is 9.99. The fourth-order valence-corrected chi connectivity index (χ4v) is 3.45. The molecule has 1 aromatic carbocycles. The quantitative estimate of drug-likeness (QED) is 0.758. The minimum atomic E-state index is -0.672. The van der Waals surface area contributed by atoms with Crippen molar-refractivity contribution in [1.82, 2.24) is 15.5 Å². The number of hydrogen-bond acceptors (Lipinski definition) is 4. The van der Waals surface area contributed by atoms with Crippen LogP contribution in [0.5, 0.6) is 0 Å². The first-order chi connectivity index (χ1) is 14.3. The van der Waals surface area contributed by atoms with Crippen LogP contribution < -0.4 is 10.6 Å². The summed E-state index contributed by atoms with van der Waals surface area (Å²) in [5.41, 5.74) is 1.64. The summed E-state index contributed by atoms with van der Waals surface area (Å²) in [4.78, 5) is 38.8. The molecule has 0 aliphatic carbocycles. The molecule has 1 atom stereocenters. The second-order valence-corrected chi connectivity index (χ2v) is 7.61. The van der Waals surface area contributed by atoms with Crippen LogP contribution in [0.3, 0.4) is 0 Å². The van der Waals surface area contributed by atoms with E-state index in [0.29, 0.717) is 42.6 Å². The van der Waals surface area contributed by atoms with E-state index in [9.17, 15) is 18.8 Å². The zero-order chi connectivity index (χ0) is 21.7. The number of likely N-dealkylation sites (tertiary alicyclic amines) is 1. The van der Waals surface area contributed by atoms with E-state index < -0.39 is 6.04 Å². The Morgan fingerprint density at radius 3 is 2.60 bits per heavy atom. The van der Waals surface area contributed by atoms with Crippen molar-refractivity contribution < 1.29 is 23.2 Å². The van der Waals surface area contributed by atoms with Crippen LogP contribution in [-0.2, 0) is 16.1 Å². The third-order valence-corrected chi connectivity index (χ3v) is 5.38. The Balaban J connectivity index is 1.44. The topological polar surface area (TPSA) is 91.7 Å². The van der Waals surface area contributed by atoms with Crippen LogP contribution in [-0.4, -0.2) is 41.8 Å². The molecule has 3 amide bonds. The van der Waals surface area contributed by atoms with Crippen molar-refractivity contribution in [2.24, 2.45) is 5.92 Å². The van der Waals surface area contributed by atoms with Gasteiger partial charge < -0.3 is 20.0 Å². The van der Waals surface area contributed by atoms with Crippen molar-refractivity contribution in [3.63, 3.8) is 0 Å². The van der Waals surface area contributed by atoms with Crippen molar-refractivity contribution in [3.05, 3.63) is 59.3 Å². The third kappa shape index (κ3) is 5.25. The van der Waals surface area contributed by atoms with Crippen LogP contribution in [0.1, 0.15) is 41.3 Å². The second-order valence-electron chi connectivity index (χ2n) is 7.61. The summed E-state index contributed by atoms with van der Waals surface area (Å²) in [6.07, 6.45) is 3.80. The van der Waals surface area contributed by atoms with Gasteiger partial charge in [-0.1, -0.05) is 12.1 Å². The van der Waals surface area contributed by atoms with Gasteiger partial charge in [-0.2, -0.15) is 0 Å². The molecule has 30 heavy (non-hydrogen) atoms. The van der Waals surface area contributed by atoms with E-state index in [0.717, 1.165) is 0 Å². The van der Waals surface area contributed by atoms with Crippen molar-refractivity contribution in [2.75, 3.05) is 13.1 Å². The number of carbonyl (C=O) groups is 3. The predicted molar refractivity (Wildman–Crippen MR) is 108 cm³/mol. The summed E-state index contributed by atoms with van der Waals surface area (Å²) in [5.74, 6) is -1.13. The number of rotatable bonds is 6. The average molecular weight is 415 g/mol. The van der Waals surface area contributed by atoms with Gasteiger partial charge in [0.1, 0.15) is 18.1 Å². The third-order valence-electron chi connectivity index (χ3n) is 5.38. The second kappa shape index (κ2) is 9.56. The summed E-state index contributed by atoms with van der Waals surface area (Å²) in [7, 11) is 0. The zero-order valence-corrected chi connectivity index (χ0v) is 17.1. The van der Waals surface area contributed by atoms with Gasteiger partial charge in [0.2, 0.25) is 11.8 Å². The molecule has 0 bridgehead atoms. The lowest BCUT2D eigenvalue weighted by Crippen LogP contribution is -2.50. The summed E-state index contributed by atoms with van der Waals surface area (Å²) >= 11 is 0. The molecule has 1 unspecified atom stereocenters. The van der Waals surface area contributed by atoms with Gasteiger partial charge in [-0.3, -0.25) is 14.4 Å². The van der Waals surface area contributed by atoms with Gasteiger partial charge in [0.05, 0.1) is 11.8 Å². The predicted octanol–water partition coefficient (Wildman–Crippen LogP) is 2.40. The van der Waals surface area contributed by atoms with E-state index in [1.165, 1.54) is 24.7 Å². The smallest absolute Gasteiger partial charge is 0.255 e. The van der Waals surface area contributed by atoms with Crippen molar-refractivity contribution >= 4 is 17.7 Å². The maximum Gasteiger partial charge on any atom is 0.255 e. The van der Waals surface area contributed by atoms with E-state index in [-0.39, 0.29) is 36.0 Å². The molecular weight excluding hydrogens is 389 g/mol. The minimum Gasteiger partial charge on any atom is -0.472 e. The molecule has 2 N–H and O–H groups in total. The number of furan rings is 1. The Kier molecular flexibility index (Phi) is 6.87. The number of benzene rings is 1. The molecule has 3 rings (SSSR count). The number of nitrogens with zero attached hydrogens (tertiary/aromatic N) is 1. The van der Waals surface area contributed by atoms with Gasteiger partial charge in [0.25, 0.3) is 5.91 Å². The van der Waals surface area contributed by atoms with Crippen LogP contribution in [0.15, 0.2) is 41.2 Å². The summed E-state index contributed by atoms with van der Waals surface area (Å²) < 4.78 is 18.5. The summed E-state index contributed by atoms with van der Waals surface area (Å²) in [5, 5.41) is 5.51. The molecule has 1 saturated heterocycles. The highest BCUT2D eigenvalue weighted by molar-refractivity contribution is 5.97. The lowest BCUT2D eigenvalue weighted by Gasteiger charge is -2.33. The normalized spacial score (nSPS) is 15.5. The maximum atomic E-state index is 13.6. The molecule has 1 aliphatic rings. The van der Waals surface area contributed by atoms with Gasteiger partial charge in [-0.15, -0.1) is 0 Å². The SMILES string of the molecule is Cc1ccc(CNC(=O)C2CCN(C(=O)C(C)NC(=O)c3ccoc3)CC2)cc1F. The molecule has 160 valence electrons.